The van der Waals surface area contributed by atoms with Crippen LogP contribution >= 0.6 is 0 Å². The number of aliphatic hydroxyl groups is 1. The van der Waals surface area contributed by atoms with Crippen LogP contribution in [0.5, 0.6) is 0 Å². The minimum Gasteiger partial charge on any atom is -0.390 e. The summed E-state index contributed by atoms with van der Waals surface area (Å²) in [5.74, 6) is 6.41. The van der Waals surface area contributed by atoms with E-state index in [-0.39, 0.29) is 5.60 Å². The Balaban J connectivity index is 1.46. The molecule has 0 aromatic carbocycles. The molecule has 4 rings (SSSR count). The van der Waals surface area contributed by atoms with Crippen molar-refractivity contribution in [2.45, 2.75) is 131 Å². The minimum absolute atomic E-state index is 0.357. The Morgan fingerprint density at radius 3 is 2.27 bits per heavy atom. The molecule has 0 bridgehead atoms. The topological polar surface area (TPSA) is 20.2 Å². The first-order valence-electron chi connectivity index (χ1n) is 13.9. The average Bonchev–Trinajstić information content (AvgIpc) is 3.05. The van der Waals surface area contributed by atoms with Crippen LogP contribution in [0.1, 0.15) is 125 Å². The second-order valence-electron chi connectivity index (χ2n) is 13.5. The van der Waals surface area contributed by atoms with Gasteiger partial charge in [-0.05, 0) is 116 Å². The smallest absolute Gasteiger partial charge is 0.0648 e. The predicted molar refractivity (Wildman–Crippen MR) is 128 cm³/mol. The SMILES string of the molecule is CC[C@]1(O)CC[C@@]2(C)[C@@H](CC[C@@H]3[C@@H]2CC[C@]2(C)[C@@H]([C@H](C)CCCC(C)C)CC[C@@H]32)C1. The van der Waals surface area contributed by atoms with Crippen molar-refractivity contribution >= 4 is 0 Å². The molecule has 1 N–H and O–H groups in total. The molecule has 4 aliphatic rings. The van der Waals surface area contributed by atoms with E-state index < -0.39 is 0 Å². The Kier molecular flexibility index (Phi) is 6.47. The average molecular weight is 417 g/mol. The fourth-order valence-corrected chi connectivity index (χ4v) is 9.67. The molecular formula is C29H52O. The maximum atomic E-state index is 11.0. The summed E-state index contributed by atoms with van der Waals surface area (Å²) in [6.45, 7) is 14.9. The third kappa shape index (κ3) is 3.82. The Morgan fingerprint density at radius 2 is 1.57 bits per heavy atom. The van der Waals surface area contributed by atoms with Crippen molar-refractivity contribution < 1.29 is 5.11 Å². The summed E-state index contributed by atoms with van der Waals surface area (Å²) in [5, 5.41) is 11.0. The molecule has 174 valence electrons. The zero-order chi connectivity index (χ0) is 21.7. The van der Waals surface area contributed by atoms with E-state index >= 15 is 0 Å². The first kappa shape index (κ1) is 23.1. The van der Waals surface area contributed by atoms with Crippen LogP contribution in [0.2, 0.25) is 0 Å². The van der Waals surface area contributed by atoms with E-state index in [1.54, 1.807) is 0 Å². The fourth-order valence-electron chi connectivity index (χ4n) is 9.67. The van der Waals surface area contributed by atoms with Crippen molar-refractivity contribution in [1.29, 1.82) is 0 Å². The maximum Gasteiger partial charge on any atom is 0.0648 e. The number of hydrogen-bond acceptors (Lipinski definition) is 1. The van der Waals surface area contributed by atoms with E-state index in [1.165, 1.54) is 64.2 Å². The molecule has 1 nitrogen and oxygen atoms in total. The van der Waals surface area contributed by atoms with Gasteiger partial charge >= 0.3 is 0 Å². The zero-order valence-electron chi connectivity index (χ0n) is 21.2. The van der Waals surface area contributed by atoms with Crippen molar-refractivity contribution in [2.24, 2.45) is 52.3 Å². The maximum absolute atomic E-state index is 11.0. The van der Waals surface area contributed by atoms with Crippen molar-refractivity contribution in [3.8, 4) is 0 Å². The summed E-state index contributed by atoms with van der Waals surface area (Å²) in [5.41, 5.74) is 0.761. The first-order chi connectivity index (χ1) is 14.1. The highest BCUT2D eigenvalue weighted by Gasteiger charge is 2.61. The molecule has 0 radical (unpaired) electrons. The van der Waals surface area contributed by atoms with Gasteiger partial charge in [0.1, 0.15) is 0 Å². The van der Waals surface area contributed by atoms with Crippen LogP contribution in [0.25, 0.3) is 0 Å². The van der Waals surface area contributed by atoms with E-state index in [1.807, 2.05) is 0 Å². The molecular weight excluding hydrogens is 364 g/mol. The van der Waals surface area contributed by atoms with Crippen LogP contribution < -0.4 is 0 Å². The molecule has 0 aliphatic heterocycles. The van der Waals surface area contributed by atoms with Gasteiger partial charge in [0.05, 0.1) is 5.60 Å². The minimum atomic E-state index is -0.357. The van der Waals surface area contributed by atoms with E-state index in [0.29, 0.717) is 10.8 Å². The van der Waals surface area contributed by atoms with Gasteiger partial charge in [-0.1, -0.05) is 60.8 Å². The second kappa shape index (κ2) is 8.39. The van der Waals surface area contributed by atoms with Gasteiger partial charge in [-0.3, -0.25) is 0 Å². The third-order valence-corrected chi connectivity index (χ3v) is 11.7. The highest BCUT2D eigenvalue weighted by molar-refractivity contribution is 5.10. The largest absolute Gasteiger partial charge is 0.390 e. The Labute approximate surface area is 188 Å². The van der Waals surface area contributed by atoms with Crippen LogP contribution in [0.4, 0.5) is 0 Å². The van der Waals surface area contributed by atoms with Crippen molar-refractivity contribution in [2.75, 3.05) is 0 Å². The molecule has 30 heavy (non-hydrogen) atoms. The fraction of sp³-hybridized carbons (Fsp3) is 1.00. The molecule has 4 saturated carbocycles. The highest BCUT2D eigenvalue weighted by atomic mass is 16.3. The highest BCUT2D eigenvalue weighted by Crippen LogP contribution is 2.69. The van der Waals surface area contributed by atoms with Gasteiger partial charge in [-0.2, -0.15) is 0 Å². The number of fused-ring (bicyclic) bond motifs is 5. The summed E-state index contributed by atoms with van der Waals surface area (Å²) in [6, 6.07) is 0. The third-order valence-electron chi connectivity index (χ3n) is 11.7. The van der Waals surface area contributed by atoms with Gasteiger partial charge < -0.3 is 5.11 Å². The second-order valence-corrected chi connectivity index (χ2v) is 13.5. The van der Waals surface area contributed by atoms with Gasteiger partial charge in [0.25, 0.3) is 0 Å². The van der Waals surface area contributed by atoms with E-state index in [9.17, 15) is 5.11 Å². The zero-order valence-corrected chi connectivity index (χ0v) is 21.2. The lowest BCUT2D eigenvalue weighted by molar-refractivity contribution is -0.152. The molecule has 0 spiro atoms. The lowest BCUT2D eigenvalue weighted by Crippen LogP contribution is -2.56. The summed E-state index contributed by atoms with van der Waals surface area (Å²) in [6.07, 6.45) is 17.5. The van der Waals surface area contributed by atoms with Crippen LogP contribution in [-0.4, -0.2) is 10.7 Å². The van der Waals surface area contributed by atoms with Crippen LogP contribution in [0.15, 0.2) is 0 Å². The molecule has 0 aromatic heterocycles. The quantitative estimate of drug-likeness (QED) is 0.462. The first-order valence-corrected chi connectivity index (χ1v) is 13.9. The van der Waals surface area contributed by atoms with Crippen LogP contribution in [0.3, 0.4) is 0 Å². The Hall–Kier alpha value is -0.0400. The normalized spacial score (nSPS) is 49.4. The van der Waals surface area contributed by atoms with Gasteiger partial charge in [-0.15, -0.1) is 0 Å². The number of hydrogen-bond donors (Lipinski definition) is 1. The molecule has 0 saturated heterocycles. The molecule has 0 aromatic rings. The molecule has 4 aliphatic carbocycles. The Bertz CT molecular complexity index is 597. The standard InChI is InChI=1S/C29H52O/c1-7-29(30)18-17-27(5)22(19-29)11-12-23-25-14-13-24(21(4)10-8-9-20(2)3)28(25,6)16-15-26(23)27/h20-26,30H,7-19H2,1-6H3/t21-,22+,23+,24-,25+,26+,27+,28-,29+/m1/s1. The predicted octanol–water partition coefficient (Wildman–Crippen LogP) is 8.25. The molecule has 9 atom stereocenters. The van der Waals surface area contributed by atoms with E-state index in [4.69, 9.17) is 0 Å². The number of rotatable bonds is 6. The van der Waals surface area contributed by atoms with E-state index in [2.05, 4.69) is 41.5 Å². The summed E-state index contributed by atoms with van der Waals surface area (Å²) < 4.78 is 0. The molecule has 0 unspecified atom stereocenters. The van der Waals surface area contributed by atoms with Crippen LogP contribution in [-0.2, 0) is 0 Å². The lowest BCUT2D eigenvalue weighted by atomic mass is 9.43. The Morgan fingerprint density at radius 1 is 0.833 bits per heavy atom. The van der Waals surface area contributed by atoms with Gasteiger partial charge in [-0.25, -0.2) is 0 Å². The van der Waals surface area contributed by atoms with Gasteiger partial charge in [0.15, 0.2) is 0 Å². The monoisotopic (exact) mass is 416 g/mol. The summed E-state index contributed by atoms with van der Waals surface area (Å²) in [4.78, 5) is 0. The molecule has 1 heteroatoms. The van der Waals surface area contributed by atoms with E-state index in [0.717, 1.165) is 60.7 Å². The van der Waals surface area contributed by atoms with Crippen molar-refractivity contribution in [1.82, 2.24) is 0 Å². The summed E-state index contributed by atoms with van der Waals surface area (Å²) in [7, 11) is 0. The van der Waals surface area contributed by atoms with Crippen molar-refractivity contribution in [3.05, 3.63) is 0 Å². The van der Waals surface area contributed by atoms with Crippen molar-refractivity contribution in [3.63, 3.8) is 0 Å². The molecule has 0 heterocycles. The van der Waals surface area contributed by atoms with Gasteiger partial charge in [0.2, 0.25) is 0 Å². The lowest BCUT2D eigenvalue weighted by Gasteiger charge is -2.62. The molecule has 0 amide bonds. The van der Waals surface area contributed by atoms with Gasteiger partial charge in [0, 0.05) is 0 Å². The molecule has 4 fully saturated rings. The van der Waals surface area contributed by atoms with Crippen LogP contribution in [0, 0.1) is 52.3 Å². The summed E-state index contributed by atoms with van der Waals surface area (Å²) >= 11 is 0.